The van der Waals surface area contributed by atoms with Crippen LogP contribution < -0.4 is 10.9 Å². The molecule has 0 saturated carbocycles. The number of carbonyl (C=O) groups is 1. The highest BCUT2D eigenvalue weighted by molar-refractivity contribution is 7.89. The van der Waals surface area contributed by atoms with Crippen molar-refractivity contribution in [3.8, 4) is 11.8 Å². The van der Waals surface area contributed by atoms with Gasteiger partial charge in [-0.05, 0) is 12.1 Å². The van der Waals surface area contributed by atoms with Gasteiger partial charge in [-0.25, -0.2) is 22.7 Å². The fraction of sp³-hybridized carbons (Fsp3) is 0.0769. The second-order valence-corrected chi connectivity index (χ2v) is 5.94. The quantitative estimate of drug-likeness (QED) is 0.781. The molecule has 2 rings (SSSR count). The van der Waals surface area contributed by atoms with Crippen molar-refractivity contribution in [2.45, 2.75) is 4.90 Å². The summed E-state index contributed by atoms with van der Waals surface area (Å²) in [7, 11) is -3.24. The summed E-state index contributed by atoms with van der Waals surface area (Å²) in [5.74, 6) is -1.94. The van der Waals surface area contributed by atoms with Crippen molar-refractivity contribution in [2.24, 2.45) is 5.14 Å². The fourth-order valence-electron chi connectivity index (χ4n) is 2.05. The summed E-state index contributed by atoms with van der Waals surface area (Å²) < 4.78 is 43.0. The molecule has 23 heavy (non-hydrogen) atoms. The molecule has 8 nitrogen and oxygen atoms in total. The lowest BCUT2D eigenvalue weighted by Crippen LogP contribution is -2.18. The zero-order valence-corrected chi connectivity index (χ0v) is 12.6. The third-order valence-corrected chi connectivity index (χ3v) is 3.98. The topological polar surface area (TPSA) is 141 Å². The van der Waals surface area contributed by atoms with E-state index in [9.17, 15) is 17.6 Å². The number of hydrogen-bond donors (Lipinski definition) is 2. The van der Waals surface area contributed by atoms with Gasteiger partial charge in [-0.15, -0.1) is 0 Å². The van der Waals surface area contributed by atoms with Crippen LogP contribution in [0.4, 0.5) is 10.1 Å². The molecule has 2 aromatic rings. The minimum absolute atomic E-state index is 0.144. The van der Waals surface area contributed by atoms with Crippen molar-refractivity contribution in [3.05, 3.63) is 41.5 Å². The number of ether oxygens (including phenoxy) is 1. The Morgan fingerprint density at radius 2 is 2.09 bits per heavy atom. The molecule has 1 aromatic carbocycles. The van der Waals surface area contributed by atoms with Gasteiger partial charge in [0.05, 0.1) is 18.4 Å². The fourth-order valence-corrected chi connectivity index (χ4v) is 2.78. The van der Waals surface area contributed by atoms with Crippen LogP contribution in [0.25, 0.3) is 5.69 Å². The number of carbonyl (C=O) groups excluding carboxylic acids is 1. The molecule has 0 bridgehead atoms. The van der Waals surface area contributed by atoms with Gasteiger partial charge in [0.15, 0.2) is 5.69 Å². The lowest BCUT2D eigenvalue weighted by atomic mass is 10.2. The molecule has 0 unspecified atom stereocenters. The lowest BCUT2D eigenvalue weighted by molar-refractivity contribution is 0.0592. The zero-order chi connectivity index (χ0) is 17.4. The molecule has 1 heterocycles. The molecule has 4 N–H and O–H groups in total. The largest absolute Gasteiger partial charge is 0.464 e. The second kappa shape index (κ2) is 5.71. The molecule has 0 aliphatic rings. The molecule has 0 saturated heterocycles. The number of nitrogens with zero attached hydrogens (tertiary/aromatic N) is 2. The first-order valence-corrected chi connectivity index (χ1v) is 7.58. The number of methoxy groups -OCH3 is 1. The third-order valence-electron chi connectivity index (χ3n) is 3.04. The maximum atomic E-state index is 14.2. The van der Waals surface area contributed by atoms with Gasteiger partial charge in [0.2, 0.25) is 10.0 Å². The first-order chi connectivity index (χ1) is 10.7. The Bertz CT molecular complexity index is 944. The van der Waals surface area contributed by atoms with Crippen molar-refractivity contribution in [1.29, 1.82) is 5.26 Å². The van der Waals surface area contributed by atoms with Crippen molar-refractivity contribution in [2.75, 3.05) is 12.8 Å². The molecular formula is C13H11FN4O4S. The maximum Gasteiger partial charge on any atom is 0.357 e. The van der Waals surface area contributed by atoms with Crippen molar-refractivity contribution >= 4 is 21.7 Å². The molecule has 120 valence electrons. The highest BCUT2D eigenvalue weighted by Gasteiger charge is 2.27. The smallest absolute Gasteiger partial charge is 0.357 e. The van der Waals surface area contributed by atoms with Crippen LogP contribution in [-0.2, 0) is 14.8 Å². The standard InChI is InChI=1S/C13H11FN4O4S/c1-22-13(19)12-10(16)7(5-15)6-18(12)11-8(14)3-2-4-9(11)23(17,20)21/h2-4,6H,16H2,1H3,(H2,17,20,21). The van der Waals surface area contributed by atoms with E-state index in [1.807, 2.05) is 0 Å². The van der Waals surface area contributed by atoms with E-state index in [1.54, 1.807) is 6.07 Å². The van der Waals surface area contributed by atoms with Crippen LogP contribution in [0, 0.1) is 17.1 Å². The van der Waals surface area contributed by atoms with Crippen LogP contribution in [0.2, 0.25) is 0 Å². The van der Waals surface area contributed by atoms with Crippen LogP contribution >= 0.6 is 0 Å². The van der Waals surface area contributed by atoms with Crippen LogP contribution in [0.15, 0.2) is 29.3 Å². The van der Waals surface area contributed by atoms with E-state index in [0.717, 1.165) is 36.1 Å². The summed E-state index contributed by atoms with van der Waals surface area (Å²) in [4.78, 5) is 11.3. The molecule has 10 heteroatoms. The minimum Gasteiger partial charge on any atom is -0.464 e. The number of hydrogen-bond acceptors (Lipinski definition) is 6. The second-order valence-electron chi connectivity index (χ2n) is 4.41. The molecule has 0 aliphatic carbocycles. The van der Waals surface area contributed by atoms with Gasteiger partial charge >= 0.3 is 5.97 Å². The summed E-state index contributed by atoms with van der Waals surface area (Å²) in [6.45, 7) is 0. The predicted molar refractivity (Wildman–Crippen MR) is 77.6 cm³/mol. The number of rotatable bonds is 3. The van der Waals surface area contributed by atoms with E-state index in [0.29, 0.717) is 0 Å². The third kappa shape index (κ3) is 2.75. The van der Waals surface area contributed by atoms with Gasteiger partial charge in [0.25, 0.3) is 0 Å². The number of sulfonamides is 1. The van der Waals surface area contributed by atoms with E-state index in [2.05, 4.69) is 4.74 Å². The van der Waals surface area contributed by atoms with Crippen molar-refractivity contribution in [3.63, 3.8) is 0 Å². The molecule has 0 amide bonds. The average molecular weight is 338 g/mol. The summed E-state index contributed by atoms with van der Waals surface area (Å²) in [6.07, 6.45) is 1.04. The van der Waals surface area contributed by atoms with Crippen LogP contribution in [0.3, 0.4) is 0 Å². The number of halogens is 1. The molecule has 1 aromatic heterocycles. The highest BCUT2D eigenvalue weighted by atomic mass is 32.2. The van der Waals surface area contributed by atoms with Gasteiger partial charge < -0.3 is 15.0 Å². The van der Waals surface area contributed by atoms with Crippen molar-refractivity contribution < 1.29 is 22.3 Å². The number of anilines is 1. The number of nitrogens with two attached hydrogens (primary N) is 2. The Hall–Kier alpha value is -2.90. The Kier molecular flexibility index (Phi) is 4.09. The number of aromatic nitrogens is 1. The highest BCUT2D eigenvalue weighted by Crippen LogP contribution is 2.29. The van der Waals surface area contributed by atoms with Gasteiger partial charge in [-0.3, -0.25) is 0 Å². The first kappa shape index (κ1) is 16.5. The number of nitrogen functional groups attached to an aromatic ring is 1. The molecule has 0 atom stereocenters. The van der Waals surface area contributed by atoms with E-state index >= 15 is 0 Å². The number of esters is 1. The maximum absolute atomic E-state index is 14.2. The number of nitriles is 1. The molecule has 0 spiro atoms. The normalized spacial score (nSPS) is 11.0. The van der Waals surface area contributed by atoms with Crippen LogP contribution in [-0.4, -0.2) is 26.1 Å². The van der Waals surface area contributed by atoms with E-state index < -0.39 is 32.4 Å². The molecule has 0 aliphatic heterocycles. The Morgan fingerprint density at radius 3 is 2.61 bits per heavy atom. The average Bonchev–Trinajstić information content (AvgIpc) is 2.81. The number of primary sulfonamides is 1. The van der Waals surface area contributed by atoms with Gasteiger partial charge in [0.1, 0.15) is 22.5 Å². The van der Waals surface area contributed by atoms with E-state index in [4.69, 9.17) is 16.1 Å². The number of para-hydroxylation sites is 1. The van der Waals surface area contributed by atoms with Gasteiger partial charge in [0, 0.05) is 6.20 Å². The summed E-state index contributed by atoms with van der Waals surface area (Å²) >= 11 is 0. The van der Waals surface area contributed by atoms with E-state index in [1.165, 1.54) is 0 Å². The number of benzene rings is 1. The summed E-state index contributed by atoms with van der Waals surface area (Å²) in [5, 5.41) is 14.1. The van der Waals surface area contributed by atoms with Crippen molar-refractivity contribution in [1.82, 2.24) is 4.57 Å². The van der Waals surface area contributed by atoms with E-state index in [-0.39, 0.29) is 16.9 Å². The zero-order valence-electron chi connectivity index (χ0n) is 11.8. The van der Waals surface area contributed by atoms with Gasteiger partial charge in [-0.2, -0.15) is 5.26 Å². The summed E-state index contributed by atoms with van der Waals surface area (Å²) in [6, 6.07) is 4.92. The lowest BCUT2D eigenvalue weighted by Gasteiger charge is -2.13. The SMILES string of the molecule is COC(=O)c1c(N)c(C#N)cn1-c1c(F)cccc1S(N)(=O)=O. The predicted octanol–water partition coefficient (Wildman–Crippen LogP) is 0.504. The molecule has 0 fully saturated rings. The summed E-state index contributed by atoms with van der Waals surface area (Å²) in [5.41, 5.74) is 4.38. The Morgan fingerprint density at radius 1 is 1.43 bits per heavy atom. The molecular weight excluding hydrogens is 327 g/mol. The molecule has 0 radical (unpaired) electrons. The first-order valence-electron chi connectivity index (χ1n) is 6.03. The Balaban J connectivity index is 2.95. The van der Waals surface area contributed by atoms with Crippen LogP contribution in [0.5, 0.6) is 0 Å². The minimum atomic E-state index is -4.30. The van der Waals surface area contributed by atoms with Crippen LogP contribution in [0.1, 0.15) is 16.1 Å². The Labute approximate surface area is 130 Å². The van der Waals surface area contributed by atoms with Gasteiger partial charge in [-0.1, -0.05) is 6.07 Å². The monoisotopic (exact) mass is 338 g/mol.